The molecule has 118 valence electrons. The molecule has 0 aliphatic rings. The molecule has 4 nitrogen and oxygen atoms in total. The van der Waals surface area contributed by atoms with E-state index in [0.717, 1.165) is 9.79 Å². The number of hydrogen-bond acceptors (Lipinski definition) is 6. The Morgan fingerprint density at radius 2 is 0.955 bits per heavy atom. The predicted octanol–water partition coefficient (Wildman–Crippen LogP) is 2.70. The molecule has 0 saturated carbocycles. The summed E-state index contributed by atoms with van der Waals surface area (Å²) in [7, 11) is 0. The van der Waals surface area contributed by atoms with Gasteiger partial charge in [0.2, 0.25) is 0 Å². The van der Waals surface area contributed by atoms with E-state index in [1.807, 2.05) is 0 Å². The van der Waals surface area contributed by atoms with Crippen molar-refractivity contribution in [2.75, 3.05) is 11.5 Å². The van der Waals surface area contributed by atoms with Crippen LogP contribution in [-0.2, 0) is 0 Å². The summed E-state index contributed by atoms with van der Waals surface area (Å²) in [4.78, 5) is 1.85. The maximum atomic E-state index is 9.98. The van der Waals surface area contributed by atoms with Crippen molar-refractivity contribution in [2.24, 2.45) is 0 Å². The van der Waals surface area contributed by atoms with Gasteiger partial charge in [-0.2, -0.15) is 0 Å². The quantitative estimate of drug-likeness (QED) is 0.581. The second-order valence-corrected chi connectivity index (χ2v) is 6.93. The largest absolute Gasteiger partial charge is 0.508 e. The molecule has 0 aliphatic carbocycles. The number of benzene rings is 2. The molecule has 0 aromatic heterocycles. The van der Waals surface area contributed by atoms with Crippen LogP contribution in [0.3, 0.4) is 0 Å². The van der Waals surface area contributed by atoms with Crippen LogP contribution in [0.4, 0.5) is 0 Å². The van der Waals surface area contributed by atoms with Gasteiger partial charge in [-0.15, -0.1) is 23.5 Å². The smallest absolute Gasteiger partial charge is 0.115 e. The summed E-state index contributed by atoms with van der Waals surface area (Å²) >= 11 is 2.85. The summed E-state index contributed by atoms with van der Waals surface area (Å²) in [5, 5.41) is 38.4. The zero-order chi connectivity index (χ0) is 15.9. The molecule has 0 saturated heterocycles. The summed E-state index contributed by atoms with van der Waals surface area (Å²) in [5.74, 6) is 1.16. The van der Waals surface area contributed by atoms with E-state index in [1.165, 1.54) is 23.5 Å². The summed E-state index contributed by atoms with van der Waals surface area (Å²) in [5.41, 5.74) is 0. The molecule has 2 rings (SSSR count). The first-order valence-electron chi connectivity index (χ1n) is 6.74. The minimum absolute atomic E-state index is 0.204. The normalized spacial score (nSPS) is 13.7. The molecule has 0 spiro atoms. The number of phenolic OH excluding ortho intramolecular Hbond substituents is 2. The van der Waals surface area contributed by atoms with Gasteiger partial charge >= 0.3 is 0 Å². The van der Waals surface area contributed by atoms with E-state index in [2.05, 4.69) is 0 Å². The first kappa shape index (κ1) is 17.0. The molecule has 0 aliphatic heterocycles. The Morgan fingerprint density at radius 1 is 0.636 bits per heavy atom. The average molecular weight is 338 g/mol. The number of rotatable bonds is 7. The summed E-state index contributed by atoms with van der Waals surface area (Å²) in [6, 6.07) is 13.4. The van der Waals surface area contributed by atoms with E-state index in [-0.39, 0.29) is 11.5 Å². The van der Waals surface area contributed by atoms with Crippen LogP contribution in [0, 0.1) is 0 Å². The zero-order valence-corrected chi connectivity index (χ0v) is 13.4. The van der Waals surface area contributed by atoms with Gasteiger partial charge in [0, 0.05) is 21.3 Å². The highest BCUT2D eigenvalue weighted by Crippen LogP contribution is 2.25. The van der Waals surface area contributed by atoms with E-state index in [4.69, 9.17) is 0 Å². The third-order valence-corrected chi connectivity index (χ3v) is 5.19. The summed E-state index contributed by atoms with van der Waals surface area (Å²) < 4.78 is 0. The van der Waals surface area contributed by atoms with Crippen molar-refractivity contribution < 1.29 is 20.4 Å². The lowest BCUT2D eigenvalue weighted by Crippen LogP contribution is -2.30. The molecule has 0 fully saturated rings. The van der Waals surface area contributed by atoms with Crippen molar-refractivity contribution in [3.05, 3.63) is 48.5 Å². The van der Waals surface area contributed by atoms with Crippen molar-refractivity contribution in [3.63, 3.8) is 0 Å². The van der Waals surface area contributed by atoms with Gasteiger partial charge in [0.15, 0.2) is 0 Å². The van der Waals surface area contributed by atoms with Crippen molar-refractivity contribution in [1.82, 2.24) is 0 Å². The highest BCUT2D eigenvalue weighted by Gasteiger charge is 2.17. The van der Waals surface area contributed by atoms with Gasteiger partial charge in [-0.1, -0.05) is 0 Å². The monoisotopic (exact) mass is 338 g/mol. The average Bonchev–Trinajstić information content (AvgIpc) is 2.53. The maximum absolute atomic E-state index is 9.98. The number of thioether (sulfide) groups is 2. The predicted molar refractivity (Wildman–Crippen MR) is 89.7 cm³/mol. The molecule has 2 unspecified atom stereocenters. The maximum Gasteiger partial charge on any atom is 0.115 e. The second-order valence-electron chi connectivity index (χ2n) is 4.74. The molecule has 0 radical (unpaired) electrons. The van der Waals surface area contributed by atoms with E-state index in [9.17, 15) is 20.4 Å². The Balaban J connectivity index is 1.75. The highest BCUT2D eigenvalue weighted by atomic mass is 32.2. The fraction of sp³-hybridized carbons (Fsp3) is 0.250. The van der Waals surface area contributed by atoms with Crippen molar-refractivity contribution in [3.8, 4) is 11.5 Å². The third-order valence-electron chi connectivity index (χ3n) is 2.96. The SMILES string of the molecule is Oc1ccc(SCC(O)C(O)CSc2ccc(O)cc2)cc1. The number of hydrogen-bond donors (Lipinski definition) is 4. The van der Waals surface area contributed by atoms with Crippen LogP contribution in [-0.4, -0.2) is 44.1 Å². The van der Waals surface area contributed by atoms with E-state index < -0.39 is 12.2 Å². The molecule has 2 atom stereocenters. The summed E-state index contributed by atoms with van der Waals surface area (Å²) in [6.07, 6.45) is -1.66. The van der Waals surface area contributed by atoms with Gasteiger partial charge in [0.25, 0.3) is 0 Å². The highest BCUT2D eigenvalue weighted by molar-refractivity contribution is 7.99. The van der Waals surface area contributed by atoms with E-state index in [0.29, 0.717) is 11.5 Å². The Morgan fingerprint density at radius 3 is 1.27 bits per heavy atom. The van der Waals surface area contributed by atoms with Gasteiger partial charge in [-0.3, -0.25) is 0 Å². The minimum atomic E-state index is -0.830. The second kappa shape index (κ2) is 8.33. The Labute approximate surface area is 137 Å². The number of aliphatic hydroxyl groups is 2. The lowest BCUT2D eigenvalue weighted by atomic mass is 10.3. The van der Waals surface area contributed by atoms with E-state index in [1.54, 1.807) is 48.5 Å². The van der Waals surface area contributed by atoms with Gasteiger partial charge in [-0.25, -0.2) is 0 Å². The number of aromatic hydroxyl groups is 2. The van der Waals surface area contributed by atoms with Gasteiger partial charge < -0.3 is 20.4 Å². The standard InChI is InChI=1S/C16H18O4S2/c17-11-1-5-13(6-2-11)21-9-15(19)16(20)10-22-14-7-3-12(18)4-8-14/h1-8,15-20H,9-10H2. The van der Waals surface area contributed by atoms with Gasteiger partial charge in [0.05, 0.1) is 12.2 Å². The molecule has 4 N–H and O–H groups in total. The molecule has 2 aromatic rings. The van der Waals surface area contributed by atoms with Crippen LogP contribution in [0.1, 0.15) is 0 Å². The lowest BCUT2D eigenvalue weighted by molar-refractivity contribution is 0.0500. The zero-order valence-electron chi connectivity index (χ0n) is 11.8. The first-order chi connectivity index (χ1) is 10.5. The molecule has 2 aromatic carbocycles. The molecular formula is C16H18O4S2. The van der Waals surface area contributed by atoms with Crippen LogP contribution >= 0.6 is 23.5 Å². The molecule has 22 heavy (non-hydrogen) atoms. The van der Waals surface area contributed by atoms with Crippen molar-refractivity contribution in [1.29, 1.82) is 0 Å². The van der Waals surface area contributed by atoms with Crippen LogP contribution < -0.4 is 0 Å². The third kappa shape index (κ3) is 5.46. The molecule has 0 bridgehead atoms. The Bertz CT molecular complexity index is 518. The topological polar surface area (TPSA) is 80.9 Å². The first-order valence-corrected chi connectivity index (χ1v) is 8.71. The van der Waals surface area contributed by atoms with Crippen LogP contribution in [0.25, 0.3) is 0 Å². The Hall–Kier alpha value is -1.34. The summed E-state index contributed by atoms with van der Waals surface area (Å²) in [6.45, 7) is 0. The fourth-order valence-corrected chi connectivity index (χ4v) is 3.50. The minimum Gasteiger partial charge on any atom is -0.508 e. The van der Waals surface area contributed by atoms with Crippen LogP contribution in [0.5, 0.6) is 11.5 Å². The fourth-order valence-electron chi connectivity index (χ4n) is 1.67. The van der Waals surface area contributed by atoms with Gasteiger partial charge in [0.1, 0.15) is 11.5 Å². The lowest BCUT2D eigenvalue weighted by Gasteiger charge is -2.17. The number of phenols is 2. The molecular weight excluding hydrogens is 320 g/mol. The molecule has 0 heterocycles. The molecule has 6 heteroatoms. The van der Waals surface area contributed by atoms with Crippen molar-refractivity contribution >= 4 is 23.5 Å². The van der Waals surface area contributed by atoms with E-state index >= 15 is 0 Å². The number of aliphatic hydroxyl groups excluding tert-OH is 2. The Kier molecular flexibility index (Phi) is 6.45. The van der Waals surface area contributed by atoms with Crippen LogP contribution in [0.2, 0.25) is 0 Å². The van der Waals surface area contributed by atoms with Crippen molar-refractivity contribution in [2.45, 2.75) is 22.0 Å². The van der Waals surface area contributed by atoms with Gasteiger partial charge in [-0.05, 0) is 48.5 Å². The van der Waals surface area contributed by atoms with Crippen LogP contribution in [0.15, 0.2) is 58.3 Å². The molecule has 0 amide bonds.